The lowest BCUT2D eigenvalue weighted by Crippen LogP contribution is -2.43. The van der Waals surface area contributed by atoms with Crippen LogP contribution in [-0.4, -0.2) is 44.2 Å². The molecule has 2 amide bonds. The van der Waals surface area contributed by atoms with Crippen LogP contribution in [0.25, 0.3) is 10.8 Å². The van der Waals surface area contributed by atoms with Crippen LogP contribution in [0.4, 0.5) is 0 Å². The van der Waals surface area contributed by atoms with Crippen molar-refractivity contribution in [2.45, 2.75) is 17.7 Å². The molecule has 0 aliphatic carbocycles. The van der Waals surface area contributed by atoms with E-state index in [0.29, 0.717) is 18.8 Å². The average Bonchev–Trinajstić information content (AvgIpc) is 3.37. The predicted octanol–water partition coefficient (Wildman–Crippen LogP) is 2.46. The molecule has 9 heteroatoms. The number of hydrogen-bond donors (Lipinski definition) is 2. The SMILES string of the molecule is O=C(COc1ccc2ccccc2c1)NNC(=O)c1ccc(S(=O)(=O)N2CCCC2)cc1. The fraction of sp³-hybridized carbons (Fsp3) is 0.217. The Morgan fingerprint density at radius 2 is 1.56 bits per heavy atom. The number of carbonyl (C=O) groups is 2. The minimum Gasteiger partial charge on any atom is -0.484 e. The van der Waals surface area contributed by atoms with E-state index in [-0.39, 0.29) is 17.1 Å². The largest absolute Gasteiger partial charge is 0.484 e. The molecule has 4 rings (SSSR count). The number of fused-ring (bicyclic) bond motifs is 1. The van der Waals surface area contributed by atoms with Crippen molar-refractivity contribution in [1.82, 2.24) is 15.2 Å². The molecule has 3 aromatic rings. The average molecular weight is 454 g/mol. The number of amides is 2. The Kier molecular flexibility index (Phi) is 6.38. The normalized spacial score (nSPS) is 14.2. The van der Waals surface area contributed by atoms with E-state index in [9.17, 15) is 18.0 Å². The van der Waals surface area contributed by atoms with Crippen molar-refractivity contribution in [3.63, 3.8) is 0 Å². The number of hydrogen-bond acceptors (Lipinski definition) is 5. The van der Waals surface area contributed by atoms with Gasteiger partial charge in [-0.1, -0.05) is 30.3 Å². The molecule has 8 nitrogen and oxygen atoms in total. The van der Waals surface area contributed by atoms with E-state index in [0.717, 1.165) is 23.6 Å². The molecule has 1 fully saturated rings. The summed E-state index contributed by atoms with van der Waals surface area (Å²) in [7, 11) is -3.54. The van der Waals surface area contributed by atoms with Gasteiger partial charge in [0.2, 0.25) is 10.0 Å². The van der Waals surface area contributed by atoms with E-state index < -0.39 is 21.8 Å². The first-order chi connectivity index (χ1) is 15.4. The van der Waals surface area contributed by atoms with Crippen LogP contribution in [0.3, 0.4) is 0 Å². The highest BCUT2D eigenvalue weighted by Gasteiger charge is 2.27. The van der Waals surface area contributed by atoms with Gasteiger partial charge >= 0.3 is 0 Å². The quantitative estimate of drug-likeness (QED) is 0.558. The van der Waals surface area contributed by atoms with Crippen molar-refractivity contribution in [3.05, 3.63) is 72.3 Å². The minimum atomic E-state index is -3.54. The highest BCUT2D eigenvalue weighted by Crippen LogP contribution is 2.21. The molecular formula is C23H23N3O5S. The van der Waals surface area contributed by atoms with E-state index in [2.05, 4.69) is 10.9 Å². The van der Waals surface area contributed by atoms with Crippen molar-refractivity contribution in [2.24, 2.45) is 0 Å². The Labute approximate surface area is 186 Å². The van der Waals surface area contributed by atoms with Crippen molar-refractivity contribution in [3.8, 4) is 5.75 Å². The first kappa shape index (κ1) is 21.8. The van der Waals surface area contributed by atoms with Gasteiger partial charge in [0.05, 0.1) is 4.90 Å². The van der Waals surface area contributed by atoms with Crippen molar-refractivity contribution in [1.29, 1.82) is 0 Å². The standard InChI is InChI=1S/C23H23N3O5S/c27-22(16-31-20-10-7-17-5-1-2-6-19(17)15-20)24-25-23(28)18-8-11-21(12-9-18)32(29,30)26-13-3-4-14-26/h1-2,5-12,15H,3-4,13-14,16H2,(H,24,27)(H,25,28). The zero-order valence-electron chi connectivity index (χ0n) is 17.3. The molecule has 1 aliphatic heterocycles. The summed E-state index contributed by atoms with van der Waals surface area (Å²) in [6.45, 7) is 0.751. The fourth-order valence-corrected chi connectivity index (χ4v) is 5.01. The monoisotopic (exact) mass is 453 g/mol. The van der Waals surface area contributed by atoms with Crippen LogP contribution in [-0.2, 0) is 14.8 Å². The number of rotatable bonds is 6. The van der Waals surface area contributed by atoms with E-state index >= 15 is 0 Å². The number of hydrazine groups is 1. The highest BCUT2D eigenvalue weighted by atomic mass is 32.2. The third kappa shape index (κ3) is 4.90. The van der Waals surface area contributed by atoms with Gasteiger partial charge in [0.25, 0.3) is 11.8 Å². The molecule has 0 aromatic heterocycles. The molecule has 1 aliphatic rings. The van der Waals surface area contributed by atoms with Gasteiger partial charge in [0.15, 0.2) is 6.61 Å². The maximum absolute atomic E-state index is 12.5. The lowest BCUT2D eigenvalue weighted by atomic mass is 10.1. The number of carbonyl (C=O) groups excluding carboxylic acids is 2. The smallest absolute Gasteiger partial charge is 0.276 e. The van der Waals surface area contributed by atoms with Gasteiger partial charge in [-0.25, -0.2) is 8.42 Å². The zero-order chi connectivity index (χ0) is 22.6. The van der Waals surface area contributed by atoms with Crippen molar-refractivity contribution >= 4 is 32.6 Å². The summed E-state index contributed by atoms with van der Waals surface area (Å²) in [4.78, 5) is 24.4. The lowest BCUT2D eigenvalue weighted by Gasteiger charge is -2.15. The Hall–Kier alpha value is -3.43. The maximum atomic E-state index is 12.5. The summed E-state index contributed by atoms with van der Waals surface area (Å²) >= 11 is 0. The van der Waals surface area contributed by atoms with Crippen LogP contribution in [0, 0.1) is 0 Å². The van der Waals surface area contributed by atoms with Gasteiger partial charge in [-0.2, -0.15) is 4.31 Å². The van der Waals surface area contributed by atoms with Crippen molar-refractivity contribution < 1.29 is 22.7 Å². The second kappa shape index (κ2) is 9.37. The van der Waals surface area contributed by atoms with Gasteiger partial charge < -0.3 is 4.74 Å². The van der Waals surface area contributed by atoms with E-state index in [1.54, 1.807) is 6.07 Å². The molecule has 166 valence electrons. The molecule has 0 spiro atoms. The lowest BCUT2D eigenvalue weighted by molar-refractivity contribution is -0.123. The Bertz CT molecular complexity index is 1240. The van der Waals surface area contributed by atoms with Gasteiger partial charge in [-0.3, -0.25) is 20.4 Å². The summed E-state index contributed by atoms with van der Waals surface area (Å²) in [5.41, 5.74) is 4.81. The summed E-state index contributed by atoms with van der Waals surface area (Å²) in [6.07, 6.45) is 1.70. The Morgan fingerprint density at radius 1 is 0.875 bits per heavy atom. The second-order valence-corrected chi connectivity index (χ2v) is 9.37. The zero-order valence-corrected chi connectivity index (χ0v) is 18.1. The summed E-state index contributed by atoms with van der Waals surface area (Å²) in [5, 5.41) is 2.06. The number of sulfonamides is 1. The Morgan fingerprint density at radius 3 is 2.28 bits per heavy atom. The molecule has 1 saturated heterocycles. The van der Waals surface area contributed by atoms with Gasteiger partial charge in [-0.15, -0.1) is 0 Å². The summed E-state index contributed by atoms with van der Waals surface area (Å²) in [5.74, 6) is -0.547. The maximum Gasteiger partial charge on any atom is 0.276 e. The summed E-state index contributed by atoms with van der Waals surface area (Å²) < 4.78 is 32.0. The number of ether oxygens (including phenoxy) is 1. The molecule has 0 saturated carbocycles. The van der Waals surface area contributed by atoms with Gasteiger partial charge in [-0.05, 0) is 60.0 Å². The molecule has 3 aromatic carbocycles. The van der Waals surface area contributed by atoms with Crippen LogP contribution in [0.5, 0.6) is 5.75 Å². The third-order valence-electron chi connectivity index (χ3n) is 5.23. The molecule has 0 atom stereocenters. The number of nitrogens with zero attached hydrogens (tertiary/aromatic N) is 1. The molecule has 0 unspecified atom stereocenters. The molecule has 0 radical (unpaired) electrons. The fourth-order valence-electron chi connectivity index (χ4n) is 3.50. The molecule has 0 bridgehead atoms. The van der Waals surface area contributed by atoms with Crippen molar-refractivity contribution in [2.75, 3.05) is 19.7 Å². The molecule has 32 heavy (non-hydrogen) atoms. The van der Waals surface area contributed by atoms with E-state index in [1.807, 2.05) is 36.4 Å². The first-order valence-corrected chi connectivity index (χ1v) is 11.7. The van der Waals surface area contributed by atoms with E-state index in [4.69, 9.17) is 4.74 Å². The van der Waals surface area contributed by atoms with E-state index in [1.165, 1.54) is 28.6 Å². The van der Waals surface area contributed by atoms with Crippen LogP contribution < -0.4 is 15.6 Å². The van der Waals surface area contributed by atoms with Gasteiger partial charge in [0.1, 0.15) is 5.75 Å². The predicted molar refractivity (Wildman–Crippen MR) is 119 cm³/mol. The van der Waals surface area contributed by atoms with Crippen LogP contribution >= 0.6 is 0 Å². The van der Waals surface area contributed by atoms with Crippen LogP contribution in [0.1, 0.15) is 23.2 Å². The molecule has 1 heterocycles. The Balaban J connectivity index is 1.28. The second-order valence-electron chi connectivity index (χ2n) is 7.44. The number of benzene rings is 3. The topological polar surface area (TPSA) is 105 Å². The number of nitrogens with one attached hydrogen (secondary N) is 2. The molecule has 2 N–H and O–H groups in total. The van der Waals surface area contributed by atoms with Crippen LogP contribution in [0.2, 0.25) is 0 Å². The highest BCUT2D eigenvalue weighted by molar-refractivity contribution is 7.89. The van der Waals surface area contributed by atoms with Crippen LogP contribution in [0.15, 0.2) is 71.6 Å². The summed E-state index contributed by atoms with van der Waals surface area (Å²) in [6, 6.07) is 18.9. The first-order valence-electron chi connectivity index (χ1n) is 10.2. The third-order valence-corrected chi connectivity index (χ3v) is 7.14. The van der Waals surface area contributed by atoms with Gasteiger partial charge in [0, 0.05) is 18.7 Å². The molecular weight excluding hydrogens is 430 g/mol. The minimum absolute atomic E-state index is 0.142.